The van der Waals surface area contributed by atoms with Gasteiger partial charge < -0.3 is 14.8 Å². The lowest BCUT2D eigenvalue weighted by molar-refractivity contribution is -0.138. The number of nitrogens with one attached hydrogen (secondary N) is 1. The van der Waals surface area contributed by atoms with Crippen molar-refractivity contribution in [3.63, 3.8) is 0 Å². The van der Waals surface area contributed by atoms with Gasteiger partial charge in [0.25, 0.3) is 0 Å². The van der Waals surface area contributed by atoms with Crippen LogP contribution in [0.15, 0.2) is 4.79 Å². The minimum Gasteiger partial charge on any atom is -0.481 e. The van der Waals surface area contributed by atoms with Crippen LogP contribution in [0.4, 0.5) is 0 Å². The Balaban J connectivity index is 1.47. The van der Waals surface area contributed by atoms with Gasteiger partial charge in [-0.15, -0.1) is 0 Å². The van der Waals surface area contributed by atoms with E-state index in [-0.39, 0.29) is 5.69 Å². The fraction of sp³-hybridized carbons (Fsp3) is 0.739. The molecule has 0 radical (unpaired) electrons. The number of imidazole rings is 1. The Hall–Kier alpha value is -2.38. The minimum atomic E-state index is -0.670. The van der Waals surface area contributed by atoms with Crippen molar-refractivity contribution in [3.8, 4) is 6.01 Å². The van der Waals surface area contributed by atoms with Gasteiger partial charge in [0.05, 0.1) is 12.3 Å². The molecule has 2 heterocycles. The molecule has 0 spiro atoms. The van der Waals surface area contributed by atoms with Crippen LogP contribution in [0.25, 0.3) is 11.2 Å². The second kappa shape index (κ2) is 11.3. The number of hydrogen-bond donors (Lipinski definition) is 2. The maximum Gasteiger partial charge on any atom is 0.327 e. The number of carboxylic acid groups (broad SMARTS) is 1. The predicted octanol–water partition coefficient (Wildman–Crippen LogP) is 4.45. The molecule has 0 atom stereocenters. The Bertz CT molecular complexity index is 912. The molecule has 1 aliphatic carbocycles. The lowest BCUT2D eigenvalue weighted by Gasteiger charge is -2.27. The van der Waals surface area contributed by atoms with Crippen LogP contribution in [0, 0.1) is 18.8 Å². The van der Waals surface area contributed by atoms with Crippen LogP contribution in [0.3, 0.4) is 0 Å². The van der Waals surface area contributed by atoms with Crippen LogP contribution in [0.1, 0.15) is 83.2 Å². The van der Waals surface area contributed by atoms with Crippen molar-refractivity contribution in [2.45, 2.75) is 91.0 Å². The third-order valence-electron chi connectivity index (χ3n) is 6.44. The summed E-state index contributed by atoms with van der Waals surface area (Å²) in [5.74, 6) is 0.416. The third-order valence-corrected chi connectivity index (χ3v) is 6.44. The summed E-state index contributed by atoms with van der Waals surface area (Å²) in [6, 6.07) is 0.338. The Kier molecular flexibility index (Phi) is 8.49. The van der Waals surface area contributed by atoms with Gasteiger partial charge in [-0.3, -0.25) is 9.36 Å². The first-order valence-electron chi connectivity index (χ1n) is 11.8. The van der Waals surface area contributed by atoms with Crippen LogP contribution in [-0.2, 0) is 11.3 Å². The summed E-state index contributed by atoms with van der Waals surface area (Å²) < 4.78 is 7.36. The molecule has 2 N–H and O–H groups in total. The van der Waals surface area contributed by atoms with Gasteiger partial charge in [0.1, 0.15) is 5.52 Å². The van der Waals surface area contributed by atoms with Crippen LogP contribution >= 0.6 is 0 Å². The number of aromatic nitrogens is 4. The van der Waals surface area contributed by atoms with Gasteiger partial charge >= 0.3 is 17.7 Å². The van der Waals surface area contributed by atoms with Crippen molar-refractivity contribution in [1.82, 2.24) is 19.5 Å². The summed E-state index contributed by atoms with van der Waals surface area (Å²) in [5, 5.41) is 8.93. The van der Waals surface area contributed by atoms with Gasteiger partial charge in [0.15, 0.2) is 5.65 Å². The third kappa shape index (κ3) is 6.55. The number of fused-ring (bicyclic) bond motifs is 1. The fourth-order valence-electron chi connectivity index (χ4n) is 4.58. The molecule has 2 aromatic heterocycles. The summed E-state index contributed by atoms with van der Waals surface area (Å²) in [4.78, 5) is 35.0. The highest BCUT2D eigenvalue weighted by Gasteiger charge is 2.22. The van der Waals surface area contributed by atoms with E-state index in [9.17, 15) is 9.59 Å². The second-order valence-electron chi connectivity index (χ2n) is 8.91. The minimum absolute atomic E-state index is 0.144. The number of aromatic amines is 1. The summed E-state index contributed by atoms with van der Waals surface area (Å²) in [5.41, 5.74) is 1.90. The lowest BCUT2D eigenvalue weighted by atomic mass is 9.78. The molecule has 0 saturated heterocycles. The van der Waals surface area contributed by atoms with Crippen molar-refractivity contribution >= 4 is 17.1 Å². The summed E-state index contributed by atoms with van der Waals surface area (Å²) in [7, 11) is 0. The van der Waals surface area contributed by atoms with E-state index >= 15 is 0 Å². The molecule has 0 aliphatic heterocycles. The highest BCUT2D eigenvalue weighted by molar-refractivity contribution is 5.73. The zero-order valence-electron chi connectivity index (χ0n) is 18.9. The SMILES string of the molecule is CCCCOc1nc(C)c2[nH]c(=O)n(CCCCCC3CCC(CC(=O)O)CC3)c2n1. The van der Waals surface area contributed by atoms with E-state index in [1.165, 1.54) is 6.42 Å². The van der Waals surface area contributed by atoms with Crippen LogP contribution < -0.4 is 10.4 Å². The van der Waals surface area contributed by atoms with Gasteiger partial charge in [0, 0.05) is 13.0 Å². The number of carboxylic acids is 1. The molecular formula is C23H36N4O4. The maximum atomic E-state index is 12.4. The van der Waals surface area contributed by atoms with Crippen molar-refractivity contribution in [2.75, 3.05) is 6.61 Å². The molecule has 8 heteroatoms. The highest BCUT2D eigenvalue weighted by Crippen LogP contribution is 2.33. The number of aliphatic carboxylic acids is 1. The van der Waals surface area contributed by atoms with Crippen molar-refractivity contribution in [2.24, 2.45) is 11.8 Å². The monoisotopic (exact) mass is 432 g/mol. The Labute approximate surface area is 183 Å². The maximum absolute atomic E-state index is 12.4. The Morgan fingerprint density at radius 1 is 1.13 bits per heavy atom. The fourth-order valence-corrected chi connectivity index (χ4v) is 4.58. The van der Waals surface area contributed by atoms with Crippen LogP contribution in [0.5, 0.6) is 6.01 Å². The van der Waals surface area contributed by atoms with Gasteiger partial charge in [-0.2, -0.15) is 9.97 Å². The van der Waals surface area contributed by atoms with Gasteiger partial charge in [-0.25, -0.2) is 4.79 Å². The summed E-state index contributed by atoms with van der Waals surface area (Å²) in [6.07, 6.45) is 11.0. The molecule has 0 unspecified atom stereocenters. The number of rotatable bonds is 12. The Morgan fingerprint density at radius 2 is 1.87 bits per heavy atom. The van der Waals surface area contributed by atoms with E-state index in [1.54, 1.807) is 4.57 Å². The van der Waals surface area contributed by atoms with Crippen molar-refractivity contribution in [3.05, 3.63) is 16.2 Å². The summed E-state index contributed by atoms with van der Waals surface area (Å²) >= 11 is 0. The number of ether oxygens (including phenoxy) is 1. The zero-order valence-corrected chi connectivity index (χ0v) is 18.9. The van der Waals surface area contributed by atoms with Crippen molar-refractivity contribution in [1.29, 1.82) is 0 Å². The van der Waals surface area contributed by atoms with Gasteiger partial charge in [-0.1, -0.05) is 45.4 Å². The van der Waals surface area contributed by atoms with E-state index in [4.69, 9.17) is 9.84 Å². The average molecular weight is 433 g/mol. The van der Waals surface area contributed by atoms with E-state index in [2.05, 4.69) is 21.9 Å². The number of unbranched alkanes of at least 4 members (excludes halogenated alkanes) is 3. The van der Waals surface area contributed by atoms with E-state index in [1.807, 2.05) is 6.92 Å². The second-order valence-corrected chi connectivity index (χ2v) is 8.91. The lowest BCUT2D eigenvalue weighted by Crippen LogP contribution is -2.18. The molecule has 3 rings (SSSR count). The number of carbonyl (C=O) groups is 1. The molecule has 0 aromatic carbocycles. The molecule has 1 saturated carbocycles. The topological polar surface area (TPSA) is 110 Å². The molecule has 0 amide bonds. The van der Waals surface area contributed by atoms with Gasteiger partial charge in [-0.05, 0) is 44.4 Å². The summed E-state index contributed by atoms with van der Waals surface area (Å²) in [6.45, 7) is 5.18. The Morgan fingerprint density at radius 3 is 2.58 bits per heavy atom. The average Bonchev–Trinajstić information content (AvgIpc) is 3.05. The van der Waals surface area contributed by atoms with Gasteiger partial charge in [0.2, 0.25) is 0 Å². The number of nitrogens with zero attached hydrogens (tertiary/aromatic N) is 3. The molecule has 0 bridgehead atoms. The first-order valence-corrected chi connectivity index (χ1v) is 11.8. The largest absolute Gasteiger partial charge is 0.481 e. The molecule has 2 aromatic rings. The zero-order chi connectivity index (χ0) is 22.2. The number of H-pyrrole nitrogens is 1. The standard InChI is InChI=1S/C23H36N4O4/c1-3-4-14-31-22-24-16(2)20-21(26-22)27(23(30)25-20)13-7-5-6-8-17-9-11-18(12-10-17)15-19(28)29/h17-18H,3-15H2,1-2H3,(H,25,30)(H,28,29). The quantitative estimate of drug-likeness (QED) is 0.480. The molecule has 172 valence electrons. The molecule has 8 nitrogen and oxygen atoms in total. The smallest absolute Gasteiger partial charge is 0.327 e. The van der Waals surface area contributed by atoms with Crippen LogP contribution in [-0.4, -0.2) is 37.2 Å². The predicted molar refractivity (Wildman–Crippen MR) is 119 cm³/mol. The number of aryl methyl sites for hydroxylation is 2. The normalized spacial score (nSPS) is 19.0. The van der Waals surface area contributed by atoms with E-state index in [0.717, 1.165) is 69.4 Å². The highest BCUT2D eigenvalue weighted by atomic mass is 16.5. The van der Waals surface area contributed by atoms with Crippen molar-refractivity contribution < 1.29 is 14.6 Å². The molecular weight excluding hydrogens is 396 g/mol. The molecule has 31 heavy (non-hydrogen) atoms. The number of hydrogen-bond acceptors (Lipinski definition) is 5. The van der Waals surface area contributed by atoms with E-state index < -0.39 is 5.97 Å². The molecule has 1 fully saturated rings. The first-order chi connectivity index (χ1) is 15.0. The van der Waals surface area contributed by atoms with E-state index in [0.29, 0.717) is 42.7 Å². The van der Waals surface area contributed by atoms with Crippen LogP contribution in [0.2, 0.25) is 0 Å². The first kappa shape index (κ1) is 23.3. The molecule has 1 aliphatic rings.